The van der Waals surface area contributed by atoms with Crippen LogP contribution in [0.4, 0.5) is 0 Å². The number of phenolic OH excluding ortho intramolecular Hbond substituents is 1. The molecule has 0 aliphatic heterocycles. The van der Waals surface area contributed by atoms with Gasteiger partial charge in [0.25, 0.3) is 0 Å². The Labute approximate surface area is 166 Å². The van der Waals surface area contributed by atoms with Crippen LogP contribution in [-0.2, 0) is 0 Å². The Morgan fingerprint density at radius 2 is 1.85 bits per heavy atom. The second-order valence-electron chi connectivity index (χ2n) is 5.09. The first-order chi connectivity index (χ1) is 12.4. The summed E-state index contributed by atoms with van der Waals surface area (Å²) in [5.41, 5.74) is 0.610. The normalized spacial score (nSPS) is 11.7. The molecule has 0 aliphatic carbocycles. The molecule has 0 radical (unpaired) electrons. The molecule has 0 aliphatic rings. The molecule has 2 aromatic carbocycles. The zero-order valence-corrected chi connectivity index (χ0v) is 16.2. The minimum absolute atomic E-state index is 0.0265. The molecule has 2 rings (SSSR count). The first-order valence-electron chi connectivity index (χ1n) is 7.36. The van der Waals surface area contributed by atoms with E-state index in [4.69, 9.17) is 44.3 Å². The molecular weight excluding hydrogens is 399 g/mol. The van der Waals surface area contributed by atoms with Gasteiger partial charge >= 0.3 is 0 Å². The monoisotopic (exact) mass is 412 g/mol. The molecule has 0 unspecified atom stereocenters. The van der Waals surface area contributed by atoms with E-state index in [-0.39, 0.29) is 17.1 Å². The summed E-state index contributed by atoms with van der Waals surface area (Å²) in [5, 5.41) is 11.3. The standard InChI is InChI=1S/C19H15Cl3O4/c1-25-12-9-17(24)19(18(10-12)26-2)16(23)5-3-4-14(21)13-7-6-11(20)8-15(13)22/h3-10,24H,1-2H3/b5-3+,14-4-. The molecule has 26 heavy (non-hydrogen) atoms. The minimum atomic E-state index is -0.454. The van der Waals surface area contributed by atoms with E-state index >= 15 is 0 Å². The van der Waals surface area contributed by atoms with Crippen molar-refractivity contribution in [3.63, 3.8) is 0 Å². The summed E-state index contributed by atoms with van der Waals surface area (Å²) in [5.74, 6) is -0.121. The SMILES string of the molecule is COc1cc(O)c(C(=O)/C=C/C=C(\Cl)c2ccc(Cl)cc2Cl)c(OC)c1. The van der Waals surface area contributed by atoms with Crippen LogP contribution in [0.25, 0.3) is 5.03 Å². The molecule has 0 fully saturated rings. The molecule has 7 heteroatoms. The molecule has 0 saturated heterocycles. The van der Waals surface area contributed by atoms with Crippen LogP contribution in [0.3, 0.4) is 0 Å². The van der Waals surface area contributed by atoms with Crippen LogP contribution in [-0.4, -0.2) is 25.1 Å². The number of ether oxygens (including phenoxy) is 2. The van der Waals surface area contributed by atoms with Crippen molar-refractivity contribution in [1.29, 1.82) is 0 Å². The van der Waals surface area contributed by atoms with Gasteiger partial charge in [-0.15, -0.1) is 0 Å². The maximum atomic E-state index is 12.4. The fourth-order valence-electron chi connectivity index (χ4n) is 2.18. The summed E-state index contributed by atoms with van der Waals surface area (Å²) >= 11 is 18.1. The van der Waals surface area contributed by atoms with Crippen molar-refractivity contribution in [2.24, 2.45) is 0 Å². The summed E-state index contributed by atoms with van der Waals surface area (Å²) in [6.07, 6.45) is 4.23. The van der Waals surface area contributed by atoms with Crippen LogP contribution in [0.5, 0.6) is 17.2 Å². The molecule has 0 bridgehead atoms. The smallest absolute Gasteiger partial charge is 0.193 e. The lowest BCUT2D eigenvalue weighted by atomic mass is 10.1. The molecule has 0 atom stereocenters. The lowest BCUT2D eigenvalue weighted by Crippen LogP contribution is -2.00. The van der Waals surface area contributed by atoms with Gasteiger partial charge in [-0.2, -0.15) is 0 Å². The van der Waals surface area contributed by atoms with E-state index < -0.39 is 5.78 Å². The first-order valence-corrected chi connectivity index (χ1v) is 8.49. The van der Waals surface area contributed by atoms with E-state index in [1.54, 1.807) is 18.2 Å². The van der Waals surface area contributed by atoms with Crippen LogP contribution in [0.1, 0.15) is 15.9 Å². The van der Waals surface area contributed by atoms with E-state index in [0.717, 1.165) is 0 Å². The van der Waals surface area contributed by atoms with Crippen molar-refractivity contribution in [3.8, 4) is 17.2 Å². The number of rotatable bonds is 6. The molecule has 0 amide bonds. The summed E-state index contributed by atoms with van der Waals surface area (Å²) in [7, 11) is 2.85. The number of hydrogen-bond acceptors (Lipinski definition) is 4. The number of halogens is 3. The van der Waals surface area contributed by atoms with Crippen molar-refractivity contribution in [2.45, 2.75) is 0 Å². The quantitative estimate of drug-likeness (QED) is 0.373. The van der Waals surface area contributed by atoms with Crippen LogP contribution < -0.4 is 9.47 Å². The third-order valence-electron chi connectivity index (χ3n) is 3.44. The molecule has 4 nitrogen and oxygen atoms in total. The lowest BCUT2D eigenvalue weighted by Gasteiger charge is -2.10. The second-order valence-corrected chi connectivity index (χ2v) is 6.34. The minimum Gasteiger partial charge on any atom is -0.507 e. The topological polar surface area (TPSA) is 55.8 Å². The van der Waals surface area contributed by atoms with Gasteiger partial charge in [-0.1, -0.05) is 46.9 Å². The van der Waals surface area contributed by atoms with E-state index in [9.17, 15) is 9.90 Å². The highest BCUT2D eigenvalue weighted by Crippen LogP contribution is 2.34. The molecule has 0 heterocycles. The Morgan fingerprint density at radius 3 is 2.46 bits per heavy atom. The Balaban J connectivity index is 2.27. The van der Waals surface area contributed by atoms with Crippen molar-refractivity contribution in [3.05, 3.63) is 69.7 Å². The van der Waals surface area contributed by atoms with Gasteiger partial charge in [-0.25, -0.2) is 0 Å². The average molecular weight is 414 g/mol. The molecule has 1 N–H and O–H groups in total. The molecule has 0 spiro atoms. The number of ketones is 1. The third-order valence-corrected chi connectivity index (χ3v) is 4.31. The maximum Gasteiger partial charge on any atom is 0.193 e. The van der Waals surface area contributed by atoms with Crippen molar-refractivity contribution < 1.29 is 19.4 Å². The fraction of sp³-hybridized carbons (Fsp3) is 0.105. The van der Waals surface area contributed by atoms with Crippen LogP contribution in [0.15, 0.2) is 48.6 Å². The second kappa shape index (κ2) is 8.99. The van der Waals surface area contributed by atoms with Crippen LogP contribution >= 0.6 is 34.8 Å². The maximum absolute atomic E-state index is 12.4. The Kier molecular flexibility index (Phi) is 6.98. The molecule has 0 saturated carbocycles. The summed E-state index contributed by atoms with van der Waals surface area (Å²) < 4.78 is 10.2. The Bertz CT molecular complexity index is 889. The number of hydrogen-bond donors (Lipinski definition) is 1. The number of carbonyl (C=O) groups is 1. The van der Waals surface area contributed by atoms with E-state index in [1.165, 1.54) is 44.6 Å². The van der Waals surface area contributed by atoms with Gasteiger partial charge in [0.15, 0.2) is 5.78 Å². The lowest BCUT2D eigenvalue weighted by molar-refractivity contribution is 0.104. The Morgan fingerprint density at radius 1 is 1.12 bits per heavy atom. The van der Waals surface area contributed by atoms with Gasteiger partial charge in [-0.05, 0) is 24.3 Å². The van der Waals surface area contributed by atoms with E-state index in [0.29, 0.717) is 26.4 Å². The molecule has 0 aromatic heterocycles. The predicted octanol–water partition coefficient (Wildman–Crippen LogP) is 5.74. The first kappa shape index (κ1) is 20.2. The van der Waals surface area contributed by atoms with Gasteiger partial charge in [-0.3, -0.25) is 4.79 Å². The van der Waals surface area contributed by atoms with Gasteiger partial charge in [0, 0.05) is 27.8 Å². The summed E-state index contributed by atoms with van der Waals surface area (Å²) in [6.45, 7) is 0. The number of benzene rings is 2. The third kappa shape index (κ3) is 4.73. The van der Waals surface area contributed by atoms with Gasteiger partial charge in [0.2, 0.25) is 0 Å². The van der Waals surface area contributed by atoms with Crippen molar-refractivity contribution >= 4 is 45.6 Å². The highest BCUT2D eigenvalue weighted by molar-refractivity contribution is 6.51. The van der Waals surface area contributed by atoms with Gasteiger partial charge < -0.3 is 14.6 Å². The number of aromatic hydroxyl groups is 1. The fourth-order valence-corrected chi connectivity index (χ4v) is 2.98. The summed E-state index contributed by atoms with van der Waals surface area (Å²) in [4.78, 5) is 12.4. The van der Waals surface area contributed by atoms with E-state index in [2.05, 4.69) is 0 Å². The highest BCUT2D eigenvalue weighted by Gasteiger charge is 2.17. The molecule has 136 valence electrons. The molecule has 2 aromatic rings. The van der Waals surface area contributed by atoms with Crippen LogP contribution in [0, 0.1) is 0 Å². The number of allylic oxidation sites excluding steroid dienone is 3. The largest absolute Gasteiger partial charge is 0.507 e. The van der Waals surface area contributed by atoms with E-state index in [1.807, 2.05) is 0 Å². The average Bonchev–Trinajstić information content (AvgIpc) is 2.60. The van der Waals surface area contributed by atoms with Crippen molar-refractivity contribution in [1.82, 2.24) is 0 Å². The Hall–Kier alpha value is -2.14. The zero-order valence-electron chi connectivity index (χ0n) is 13.9. The number of carbonyl (C=O) groups excluding carboxylic acids is 1. The van der Waals surface area contributed by atoms with Crippen molar-refractivity contribution in [2.75, 3.05) is 14.2 Å². The highest BCUT2D eigenvalue weighted by atomic mass is 35.5. The van der Waals surface area contributed by atoms with Crippen LogP contribution in [0.2, 0.25) is 10.0 Å². The number of methoxy groups -OCH3 is 2. The van der Waals surface area contributed by atoms with Gasteiger partial charge in [0.1, 0.15) is 22.8 Å². The summed E-state index contributed by atoms with van der Waals surface area (Å²) in [6, 6.07) is 7.76. The molecular formula is C19H15Cl3O4. The zero-order chi connectivity index (χ0) is 19.3. The predicted molar refractivity (Wildman–Crippen MR) is 105 cm³/mol. The van der Waals surface area contributed by atoms with Gasteiger partial charge in [0.05, 0.1) is 19.2 Å². The number of phenols is 1.